The number of hydrogen-bond donors (Lipinski definition) is 2. The summed E-state index contributed by atoms with van der Waals surface area (Å²) in [5.41, 5.74) is 9.59. The molecular formula is C24H26N6O. The number of benzene rings is 2. The lowest BCUT2D eigenvalue weighted by Gasteiger charge is -2.22. The monoisotopic (exact) mass is 414 g/mol. The number of phenolic OH excluding ortho intramolecular Hbond substituents is 1. The Labute approximate surface area is 181 Å². The highest BCUT2D eigenvalue weighted by atomic mass is 16.3. The molecule has 1 atom stereocenters. The zero-order chi connectivity index (χ0) is 21.8. The van der Waals surface area contributed by atoms with E-state index in [2.05, 4.69) is 28.1 Å². The van der Waals surface area contributed by atoms with E-state index in [0.29, 0.717) is 17.9 Å². The third kappa shape index (κ3) is 4.57. The van der Waals surface area contributed by atoms with Crippen molar-refractivity contribution < 1.29 is 5.11 Å². The Morgan fingerprint density at radius 2 is 1.90 bits per heavy atom. The topological polar surface area (TPSA) is 93.1 Å². The molecule has 0 spiro atoms. The average molecular weight is 415 g/mol. The maximum absolute atomic E-state index is 10.5. The van der Waals surface area contributed by atoms with Crippen LogP contribution in [-0.2, 0) is 0 Å². The van der Waals surface area contributed by atoms with Gasteiger partial charge in [-0.1, -0.05) is 25.1 Å². The van der Waals surface area contributed by atoms with Crippen molar-refractivity contribution in [3.8, 4) is 34.0 Å². The van der Waals surface area contributed by atoms with Crippen LogP contribution in [0.15, 0.2) is 73.2 Å². The van der Waals surface area contributed by atoms with Crippen molar-refractivity contribution in [2.45, 2.75) is 19.4 Å². The number of phenols is 1. The van der Waals surface area contributed by atoms with Crippen molar-refractivity contribution in [3.05, 3.63) is 73.2 Å². The van der Waals surface area contributed by atoms with Crippen LogP contribution in [0.5, 0.6) is 5.75 Å². The fourth-order valence-corrected chi connectivity index (χ4v) is 3.41. The van der Waals surface area contributed by atoms with Crippen LogP contribution in [-0.4, -0.2) is 44.5 Å². The van der Waals surface area contributed by atoms with Crippen molar-refractivity contribution in [2.75, 3.05) is 18.5 Å². The van der Waals surface area contributed by atoms with Gasteiger partial charge in [0.05, 0.1) is 11.3 Å². The average Bonchev–Trinajstić information content (AvgIpc) is 3.34. The first-order valence-electron chi connectivity index (χ1n) is 10.3. The molecule has 0 bridgehead atoms. The van der Waals surface area contributed by atoms with Crippen molar-refractivity contribution in [1.82, 2.24) is 19.7 Å². The number of anilines is 1. The SMILES string of the molecule is CCC(N)CN(C)c1ccnc(-c2cc(-c3cccc(-n4cccn4)c3)ccc2O)n1. The molecule has 7 nitrogen and oxygen atoms in total. The quantitative estimate of drug-likeness (QED) is 0.477. The maximum atomic E-state index is 10.5. The second-order valence-electron chi connectivity index (χ2n) is 7.52. The Morgan fingerprint density at radius 1 is 1.06 bits per heavy atom. The normalized spacial score (nSPS) is 12.0. The molecule has 0 amide bonds. The van der Waals surface area contributed by atoms with Crippen molar-refractivity contribution in [3.63, 3.8) is 0 Å². The predicted molar refractivity (Wildman–Crippen MR) is 123 cm³/mol. The van der Waals surface area contributed by atoms with Gasteiger partial charge in [-0.15, -0.1) is 0 Å². The number of hydrogen-bond acceptors (Lipinski definition) is 6. The maximum Gasteiger partial charge on any atom is 0.165 e. The minimum atomic E-state index is 0.0715. The van der Waals surface area contributed by atoms with Crippen molar-refractivity contribution in [2.24, 2.45) is 5.73 Å². The van der Waals surface area contributed by atoms with Gasteiger partial charge in [0.15, 0.2) is 5.82 Å². The first-order valence-corrected chi connectivity index (χ1v) is 10.3. The van der Waals surface area contributed by atoms with Gasteiger partial charge < -0.3 is 15.7 Å². The van der Waals surface area contributed by atoms with E-state index in [4.69, 9.17) is 5.73 Å². The molecule has 2 aromatic heterocycles. The highest BCUT2D eigenvalue weighted by Crippen LogP contribution is 2.33. The highest BCUT2D eigenvalue weighted by molar-refractivity contribution is 5.75. The molecule has 2 heterocycles. The van der Waals surface area contributed by atoms with Crippen molar-refractivity contribution in [1.29, 1.82) is 0 Å². The van der Waals surface area contributed by atoms with Gasteiger partial charge in [-0.3, -0.25) is 0 Å². The van der Waals surface area contributed by atoms with Crippen LogP contribution in [0, 0.1) is 0 Å². The zero-order valence-electron chi connectivity index (χ0n) is 17.7. The molecule has 1 unspecified atom stereocenters. The molecule has 7 heteroatoms. The lowest BCUT2D eigenvalue weighted by atomic mass is 10.0. The molecule has 0 radical (unpaired) electrons. The first-order chi connectivity index (χ1) is 15.0. The van der Waals surface area contributed by atoms with E-state index in [1.165, 1.54) is 0 Å². The minimum absolute atomic E-state index is 0.0715. The molecule has 3 N–H and O–H groups in total. The predicted octanol–water partition coefficient (Wildman–Crippen LogP) is 3.88. The zero-order valence-corrected chi connectivity index (χ0v) is 17.7. The molecule has 0 fully saturated rings. The molecule has 0 aliphatic carbocycles. The summed E-state index contributed by atoms with van der Waals surface area (Å²) in [4.78, 5) is 11.1. The van der Waals surface area contributed by atoms with E-state index in [9.17, 15) is 5.11 Å². The number of nitrogens with two attached hydrogens (primary N) is 1. The van der Waals surface area contributed by atoms with Gasteiger partial charge in [-0.05, 0) is 53.9 Å². The van der Waals surface area contributed by atoms with E-state index >= 15 is 0 Å². The third-order valence-corrected chi connectivity index (χ3v) is 5.25. The molecule has 31 heavy (non-hydrogen) atoms. The number of likely N-dealkylation sites (N-methyl/N-ethyl adjacent to an activating group) is 1. The molecule has 0 aliphatic rings. The van der Waals surface area contributed by atoms with Gasteiger partial charge in [-0.2, -0.15) is 5.10 Å². The molecule has 0 saturated heterocycles. The summed E-state index contributed by atoms with van der Waals surface area (Å²) in [6.07, 6.45) is 6.25. The number of aromatic hydroxyl groups is 1. The van der Waals surface area contributed by atoms with Crippen LogP contribution in [0.1, 0.15) is 13.3 Å². The summed E-state index contributed by atoms with van der Waals surface area (Å²) in [5, 5.41) is 14.8. The van der Waals surface area contributed by atoms with Crippen LogP contribution in [0.3, 0.4) is 0 Å². The fourth-order valence-electron chi connectivity index (χ4n) is 3.41. The molecule has 158 valence electrons. The largest absolute Gasteiger partial charge is 0.507 e. The fraction of sp³-hybridized carbons (Fsp3) is 0.208. The molecular weight excluding hydrogens is 388 g/mol. The molecule has 4 rings (SSSR count). The highest BCUT2D eigenvalue weighted by Gasteiger charge is 2.13. The second kappa shape index (κ2) is 8.97. The van der Waals surface area contributed by atoms with E-state index in [1.807, 2.05) is 65.3 Å². The third-order valence-electron chi connectivity index (χ3n) is 5.25. The Bertz CT molecular complexity index is 1160. The van der Waals surface area contributed by atoms with Crippen LogP contribution in [0.25, 0.3) is 28.2 Å². The van der Waals surface area contributed by atoms with Crippen LogP contribution in [0.4, 0.5) is 5.82 Å². The molecule has 2 aromatic carbocycles. The van der Waals surface area contributed by atoms with Gasteiger partial charge in [-0.25, -0.2) is 14.6 Å². The van der Waals surface area contributed by atoms with Gasteiger partial charge in [0.25, 0.3) is 0 Å². The molecule has 4 aromatic rings. The van der Waals surface area contributed by atoms with Gasteiger partial charge in [0.1, 0.15) is 11.6 Å². The van der Waals surface area contributed by atoms with Crippen LogP contribution >= 0.6 is 0 Å². The van der Waals surface area contributed by atoms with E-state index in [1.54, 1.807) is 18.5 Å². The summed E-state index contributed by atoms with van der Waals surface area (Å²) in [7, 11) is 1.96. The smallest absolute Gasteiger partial charge is 0.165 e. The van der Waals surface area contributed by atoms with E-state index in [0.717, 1.165) is 29.1 Å². The van der Waals surface area contributed by atoms with Gasteiger partial charge in [0, 0.05) is 38.2 Å². The molecule has 0 aliphatic heterocycles. The lowest BCUT2D eigenvalue weighted by Crippen LogP contribution is -2.35. The Kier molecular flexibility index (Phi) is 5.95. The first kappa shape index (κ1) is 20.6. The van der Waals surface area contributed by atoms with Crippen LogP contribution < -0.4 is 10.6 Å². The Hall–Kier alpha value is -3.71. The van der Waals surface area contributed by atoms with E-state index in [-0.39, 0.29) is 11.8 Å². The lowest BCUT2D eigenvalue weighted by molar-refractivity contribution is 0.477. The second-order valence-corrected chi connectivity index (χ2v) is 7.52. The summed E-state index contributed by atoms with van der Waals surface area (Å²) in [5.74, 6) is 1.37. The van der Waals surface area contributed by atoms with Crippen LogP contribution in [0.2, 0.25) is 0 Å². The number of rotatable bonds is 7. The number of nitrogens with zero attached hydrogens (tertiary/aromatic N) is 5. The standard InChI is InChI=1S/C24H26N6O/c1-3-19(25)16-29(2)23-10-12-26-24(28-23)21-15-18(8-9-22(21)31)17-6-4-7-20(14-17)30-13-5-11-27-30/h4-15,19,31H,3,16,25H2,1-2H3. The summed E-state index contributed by atoms with van der Waals surface area (Å²) >= 11 is 0. The van der Waals surface area contributed by atoms with Gasteiger partial charge >= 0.3 is 0 Å². The Balaban J connectivity index is 1.68. The Morgan fingerprint density at radius 3 is 2.68 bits per heavy atom. The summed E-state index contributed by atoms with van der Waals surface area (Å²) in [6.45, 7) is 2.76. The van der Waals surface area contributed by atoms with Gasteiger partial charge in [0.2, 0.25) is 0 Å². The number of aromatic nitrogens is 4. The molecule has 0 saturated carbocycles. The summed E-state index contributed by atoms with van der Waals surface area (Å²) in [6, 6.07) is 17.4. The summed E-state index contributed by atoms with van der Waals surface area (Å²) < 4.78 is 1.81. The van der Waals surface area contributed by atoms with Crippen molar-refractivity contribution >= 4 is 5.82 Å². The van der Waals surface area contributed by atoms with E-state index < -0.39 is 0 Å². The minimum Gasteiger partial charge on any atom is -0.507 e.